The third-order valence-corrected chi connectivity index (χ3v) is 10.5. The van der Waals surface area contributed by atoms with Crippen molar-refractivity contribution in [1.29, 1.82) is 0 Å². The van der Waals surface area contributed by atoms with E-state index in [9.17, 15) is 4.79 Å². The van der Waals surface area contributed by atoms with E-state index in [0.29, 0.717) is 6.42 Å². The van der Waals surface area contributed by atoms with Crippen LogP contribution in [-0.2, 0) is 16.0 Å². The number of benzene rings is 3. The highest BCUT2D eigenvalue weighted by Gasteiger charge is 2.52. The van der Waals surface area contributed by atoms with Crippen LogP contribution in [0, 0.1) is 0 Å². The quantitative estimate of drug-likeness (QED) is 0.456. The maximum atomic E-state index is 11.6. The van der Waals surface area contributed by atoms with Crippen molar-refractivity contribution < 1.29 is 14.0 Å². The van der Waals surface area contributed by atoms with E-state index < -0.39 is 20.3 Å². The van der Waals surface area contributed by atoms with Gasteiger partial charge in [-0.15, -0.1) is 0 Å². The van der Waals surface area contributed by atoms with Crippen molar-refractivity contribution in [3.63, 3.8) is 0 Å². The van der Waals surface area contributed by atoms with Gasteiger partial charge in [0, 0.05) is 0 Å². The lowest BCUT2D eigenvalue weighted by molar-refractivity contribution is -0.142. The van der Waals surface area contributed by atoms with Crippen LogP contribution in [0.25, 0.3) is 0 Å². The lowest BCUT2D eigenvalue weighted by Gasteiger charge is -2.43. The summed E-state index contributed by atoms with van der Waals surface area (Å²) in [7, 11) is -1.31. The molecular formula is C26H31NO3Si. The molecule has 0 amide bonds. The van der Waals surface area contributed by atoms with E-state index >= 15 is 0 Å². The van der Waals surface area contributed by atoms with Crippen LogP contribution in [0.4, 0.5) is 0 Å². The first-order valence-electron chi connectivity index (χ1n) is 10.5. The Balaban J connectivity index is 2.01. The van der Waals surface area contributed by atoms with E-state index in [0.717, 1.165) is 11.3 Å². The van der Waals surface area contributed by atoms with Crippen molar-refractivity contribution in [3.8, 4) is 5.75 Å². The Morgan fingerprint density at radius 3 is 1.77 bits per heavy atom. The van der Waals surface area contributed by atoms with Gasteiger partial charge < -0.3 is 14.9 Å². The molecule has 0 aromatic heterocycles. The van der Waals surface area contributed by atoms with Gasteiger partial charge in [-0.25, -0.2) is 0 Å². The number of carbonyl (C=O) groups excluding carboxylic acids is 1. The van der Waals surface area contributed by atoms with Crippen LogP contribution in [0.1, 0.15) is 26.3 Å². The van der Waals surface area contributed by atoms with Crippen molar-refractivity contribution in [2.24, 2.45) is 5.73 Å². The molecule has 2 N–H and O–H groups in total. The van der Waals surface area contributed by atoms with E-state index in [1.807, 2.05) is 36.4 Å². The Hall–Kier alpha value is -2.89. The third-order valence-electron chi connectivity index (χ3n) is 5.57. The summed E-state index contributed by atoms with van der Waals surface area (Å²) in [5, 5.41) is 2.35. The van der Waals surface area contributed by atoms with Gasteiger partial charge in [0.05, 0.1) is 7.11 Å². The molecule has 0 heterocycles. The second-order valence-corrected chi connectivity index (χ2v) is 13.0. The minimum atomic E-state index is -2.66. The molecule has 0 aliphatic heterocycles. The minimum Gasteiger partial charge on any atom is -0.534 e. The standard InChI is InChI=1S/C26H31NO3Si/c1-26(2,3)31(22-11-7-5-8-12-22,23-13-9-6-10-14-23)30-21-17-15-20(16-18-21)19-24(27)25(28)29-4/h5-18,24H,19,27H2,1-4H3/t24-/m0/s1. The van der Waals surface area contributed by atoms with Gasteiger partial charge >= 0.3 is 14.3 Å². The zero-order valence-corrected chi connectivity index (χ0v) is 19.7. The average Bonchev–Trinajstić information content (AvgIpc) is 2.78. The topological polar surface area (TPSA) is 61.5 Å². The van der Waals surface area contributed by atoms with Gasteiger partial charge in [-0.1, -0.05) is 93.6 Å². The zero-order valence-electron chi connectivity index (χ0n) is 18.7. The molecular weight excluding hydrogens is 402 g/mol. The first-order chi connectivity index (χ1) is 14.8. The number of ether oxygens (including phenoxy) is 1. The van der Waals surface area contributed by atoms with E-state index in [1.165, 1.54) is 17.5 Å². The van der Waals surface area contributed by atoms with Crippen LogP contribution >= 0.6 is 0 Å². The number of esters is 1. The fraction of sp³-hybridized carbons (Fsp3) is 0.269. The van der Waals surface area contributed by atoms with Crippen LogP contribution in [-0.4, -0.2) is 27.4 Å². The molecule has 1 atom stereocenters. The second-order valence-electron chi connectivity index (χ2n) is 8.74. The Labute approximate surface area is 186 Å². The number of carbonyl (C=O) groups is 1. The second kappa shape index (κ2) is 9.50. The molecule has 31 heavy (non-hydrogen) atoms. The molecule has 162 valence electrons. The Morgan fingerprint density at radius 1 is 0.871 bits per heavy atom. The maximum absolute atomic E-state index is 11.6. The Morgan fingerprint density at radius 2 is 1.35 bits per heavy atom. The van der Waals surface area contributed by atoms with E-state index in [1.54, 1.807) is 0 Å². The first-order valence-corrected chi connectivity index (χ1v) is 12.4. The minimum absolute atomic E-state index is 0.110. The number of methoxy groups -OCH3 is 1. The zero-order chi connectivity index (χ0) is 22.5. The molecule has 3 rings (SSSR count). The highest BCUT2D eigenvalue weighted by molar-refractivity contribution is 7.00. The SMILES string of the molecule is COC(=O)[C@@H](N)Cc1ccc(O[Si](c2ccccc2)(c2ccccc2)C(C)(C)C)cc1. The van der Waals surface area contributed by atoms with Crippen LogP contribution < -0.4 is 20.5 Å². The molecule has 4 nitrogen and oxygen atoms in total. The van der Waals surface area contributed by atoms with Gasteiger partial charge in [0.1, 0.15) is 11.8 Å². The number of hydrogen-bond acceptors (Lipinski definition) is 4. The van der Waals surface area contributed by atoms with Crippen LogP contribution in [0.15, 0.2) is 84.9 Å². The largest absolute Gasteiger partial charge is 0.534 e. The van der Waals surface area contributed by atoms with Crippen molar-refractivity contribution in [2.75, 3.05) is 7.11 Å². The molecule has 3 aromatic rings. The van der Waals surface area contributed by atoms with Gasteiger partial charge in [0.25, 0.3) is 0 Å². The van der Waals surface area contributed by atoms with Crippen LogP contribution in [0.5, 0.6) is 5.75 Å². The summed E-state index contributed by atoms with van der Waals surface area (Å²) in [4.78, 5) is 11.6. The first kappa shape index (κ1) is 22.8. The Bertz CT molecular complexity index is 943. The lowest BCUT2D eigenvalue weighted by Crippen LogP contribution is -2.68. The number of rotatable bonds is 7. The third kappa shape index (κ3) is 4.89. The van der Waals surface area contributed by atoms with E-state index in [-0.39, 0.29) is 5.04 Å². The molecule has 5 heteroatoms. The van der Waals surface area contributed by atoms with Crippen LogP contribution in [0.3, 0.4) is 0 Å². The Kier molecular flexibility index (Phi) is 6.98. The van der Waals surface area contributed by atoms with E-state index in [2.05, 4.69) is 69.3 Å². The normalized spacial score (nSPS) is 12.8. The summed E-state index contributed by atoms with van der Waals surface area (Å²) in [6.07, 6.45) is 0.423. The van der Waals surface area contributed by atoms with Gasteiger partial charge in [0.2, 0.25) is 0 Å². The molecule has 0 fully saturated rings. The summed E-state index contributed by atoms with van der Waals surface area (Å²) >= 11 is 0. The molecule has 0 bridgehead atoms. The fourth-order valence-corrected chi connectivity index (χ4v) is 8.43. The predicted molar refractivity (Wildman–Crippen MR) is 128 cm³/mol. The van der Waals surface area contributed by atoms with E-state index in [4.69, 9.17) is 14.9 Å². The van der Waals surface area contributed by atoms with Gasteiger partial charge in [0.15, 0.2) is 0 Å². The van der Waals surface area contributed by atoms with Gasteiger partial charge in [-0.3, -0.25) is 4.79 Å². The molecule has 0 radical (unpaired) electrons. The molecule has 0 aliphatic carbocycles. The van der Waals surface area contributed by atoms with Gasteiger partial charge in [-0.2, -0.15) is 0 Å². The van der Waals surface area contributed by atoms with Crippen molar-refractivity contribution in [2.45, 2.75) is 38.3 Å². The summed E-state index contributed by atoms with van der Waals surface area (Å²) in [6.45, 7) is 6.76. The summed E-state index contributed by atoms with van der Waals surface area (Å²) < 4.78 is 11.7. The van der Waals surface area contributed by atoms with Gasteiger partial charge in [-0.05, 0) is 39.5 Å². The van der Waals surface area contributed by atoms with Crippen LogP contribution in [0.2, 0.25) is 5.04 Å². The summed E-state index contributed by atoms with van der Waals surface area (Å²) in [5.41, 5.74) is 6.88. The maximum Gasteiger partial charge on any atom is 0.322 e. The average molecular weight is 434 g/mol. The molecule has 0 saturated heterocycles. The fourth-order valence-electron chi connectivity index (χ4n) is 4.01. The monoisotopic (exact) mass is 433 g/mol. The molecule has 0 unspecified atom stereocenters. The van der Waals surface area contributed by atoms with Crippen molar-refractivity contribution in [3.05, 3.63) is 90.5 Å². The lowest BCUT2D eigenvalue weighted by atomic mass is 10.1. The van der Waals surface area contributed by atoms with Crippen molar-refractivity contribution >= 4 is 24.7 Å². The molecule has 0 saturated carbocycles. The predicted octanol–water partition coefficient (Wildman–Crippen LogP) is 3.67. The highest BCUT2D eigenvalue weighted by atomic mass is 28.4. The number of nitrogens with two attached hydrogens (primary N) is 1. The molecule has 3 aromatic carbocycles. The highest BCUT2D eigenvalue weighted by Crippen LogP contribution is 2.37. The summed E-state index contributed by atoms with van der Waals surface area (Å²) in [6, 6.07) is 28.3. The molecule has 0 spiro atoms. The van der Waals surface area contributed by atoms with Crippen molar-refractivity contribution in [1.82, 2.24) is 0 Å². The smallest absolute Gasteiger partial charge is 0.322 e. The summed E-state index contributed by atoms with van der Waals surface area (Å²) in [5.74, 6) is 0.400. The number of hydrogen-bond donors (Lipinski definition) is 1. The molecule has 0 aliphatic rings.